The molecule has 0 aliphatic rings. The molecule has 0 fully saturated rings. The van der Waals surface area contributed by atoms with E-state index in [1.54, 1.807) is 0 Å². The zero-order valence-corrected chi connectivity index (χ0v) is 43.4. The first-order chi connectivity index (χ1) is 33.0. The van der Waals surface area contributed by atoms with Crippen molar-refractivity contribution in [2.75, 3.05) is 13.2 Å². The third kappa shape index (κ3) is 52.9. The molecule has 0 spiro atoms. The first-order valence-electron chi connectivity index (χ1n) is 27.4. The number of allylic oxidation sites excluding steroid dienone is 18. The van der Waals surface area contributed by atoms with Crippen LogP contribution in [0.3, 0.4) is 0 Å². The Labute approximate surface area is 412 Å². The van der Waals surface area contributed by atoms with Crippen LogP contribution in [0.15, 0.2) is 109 Å². The van der Waals surface area contributed by atoms with Gasteiger partial charge in [0.15, 0.2) is 6.10 Å². The molecule has 0 bridgehead atoms. The van der Waals surface area contributed by atoms with E-state index in [2.05, 4.69) is 124 Å². The summed E-state index contributed by atoms with van der Waals surface area (Å²) in [5.74, 6) is -1.06. The molecule has 0 unspecified atom stereocenters. The molecule has 0 saturated carbocycles. The summed E-state index contributed by atoms with van der Waals surface area (Å²) < 4.78 is 16.7. The zero-order chi connectivity index (χ0) is 48.6. The fourth-order valence-electron chi connectivity index (χ4n) is 7.12. The Kier molecular flexibility index (Phi) is 51.5. The Morgan fingerprint density at radius 3 is 0.970 bits per heavy atom. The van der Waals surface area contributed by atoms with Crippen LogP contribution in [0.4, 0.5) is 0 Å². The van der Waals surface area contributed by atoms with Gasteiger partial charge in [-0.25, -0.2) is 0 Å². The van der Waals surface area contributed by atoms with E-state index in [0.717, 1.165) is 70.6 Å². The monoisotopic (exact) mass is 929 g/mol. The van der Waals surface area contributed by atoms with E-state index in [1.807, 2.05) is 6.08 Å². The van der Waals surface area contributed by atoms with Crippen LogP contribution in [0.25, 0.3) is 0 Å². The second-order valence-electron chi connectivity index (χ2n) is 17.8. The quantitative estimate of drug-likeness (QED) is 0.0262. The first kappa shape index (κ1) is 63.1. The Hall–Kier alpha value is -3.93. The molecule has 0 amide bonds. The summed E-state index contributed by atoms with van der Waals surface area (Å²) in [6, 6.07) is 0. The highest BCUT2D eigenvalue weighted by Crippen LogP contribution is 2.14. The molecule has 0 rings (SSSR count). The summed E-state index contributed by atoms with van der Waals surface area (Å²) in [5.41, 5.74) is 0. The van der Waals surface area contributed by atoms with Crippen molar-refractivity contribution in [1.82, 2.24) is 0 Å². The number of carbonyl (C=O) groups is 3. The third-order valence-electron chi connectivity index (χ3n) is 11.3. The Balaban J connectivity index is 4.57. The summed E-state index contributed by atoms with van der Waals surface area (Å²) in [7, 11) is 0. The minimum atomic E-state index is -0.830. The standard InChI is InChI=1S/C61H100O6/c1-4-7-10-13-16-19-22-25-27-29-30-32-34-37-39-42-45-48-51-54-60(63)66-57-58(67-61(64)55-52-49-46-43-40-35-24-21-18-15-12-9-6-3)56-65-59(62)53-50-47-44-41-38-36-33-31-28-26-23-20-17-14-11-8-5-2/h16-17,19-20,25-28,30,32-33,36-37,39,41,44-45,48,58H,4-15,18,21-24,29,31,34-35,38,40,42-43,46-47,49-57H2,1-3H3/b19-16-,20-17-,27-25-,28-26-,32-30-,36-33-,39-37-,44-41-,48-45-/t58-/m0/s1. The van der Waals surface area contributed by atoms with E-state index in [4.69, 9.17) is 14.2 Å². The summed E-state index contributed by atoms with van der Waals surface area (Å²) >= 11 is 0. The van der Waals surface area contributed by atoms with E-state index in [0.29, 0.717) is 19.3 Å². The predicted molar refractivity (Wildman–Crippen MR) is 288 cm³/mol. The molecule has 0 aliphatic heterocycles. The van der Waals surface area contributed by atoms with Crippen LogP contribution in [0.2, 0.25) is 0 Å². The molecule has 0 heterocycles. The minimum Gasteiger partial charge on any atom is -0.462 e. The molecular formula is C61H100O6. The highest BCUT2D eigenvalue weighted by atomic mass is 16.6. The van der Waals surface area contributed by atoms with Crippen molar-refractivity contribution in [2.24, 2.45) is 0 Å². The van der Waals surface area contributed by atoms with Crippen molar-refractivity contribution in [3.63, 3.8) is 0 Å². The van der Waals surface area contributed by atoms with E-state index in [1.165, 1.54) is 116 Å². The van der Waals surface area contributed by atoms with Crippen LogP contribution in [0.5, 0.6) is 0 Å². The van der Waals surface area contributed by atoms with Gasteiger partial charge < -0.3 is 14.2 Å². The fourth-order valence-corrected chi connectivity index (χ4v) is 7.12. The first-order valence-corrected chi connectivity index (χ1v) is 27.4. The van der Waals surface area contributed by atoms with Crippen LogP contribution in [-0.2, 0) is 28.6 Å². The largest absolute Gasteiger partial charge is 0.462 e. The lowest BCUT2D eigenvalue weighted by atomic mass is 10.0. The number of hydrogen-bond donors (Lipinski definition) is 0. The van der Waals surface area contributed by atoms with Gasteiger partial charge >= 0.3 is 17.9 Å². The lowest BCUT2D eigenvalue weighted by Gasteiger charge is -2.18. The molecule has 0 N–H and O–H groups in total. The van der Waals surface area contributed by atoms with E-state index in [-0.39, 0.29) is 44.0 Å². The van der Waals surface area contributed by atoms with Crippen LogP contribution < -0.4 is 0 Å². The second-order valence-corrected chi connectivity index (χ2v) is 17.8. The Bertz CT molecular complexity index is 1390. The Morgan fingerprint density at radius 1 is 0.299 bits per heavy atom. The maximum absolute atomic E-state index is 12.8. The Morgan fingerprint density at radius 2 is 0.582 bits per heavy atom. The number of unbranched alkanes of at least 4 members (excludes halogenated alkanes) is 19. The van der Waals surface area contributed by atoms with Gasteiger partial charge in [0, 0.05) is 19.3 Å². The number of esters is 3. The molecule has 67 heavy (non-hydrogen) atoms. The number of hydrogen-bond acceptors (Lipinski definition) is 6. The SMILES string of the molecule is CCCCC/C=C\C/C=C\C/C=C\C/C=C\C/C=C\CCC(=O)OC[C@H](COC(=O)CCC/C=C\C/C=C\C/C=C\C/C=C\CCCCC)OC(=O)CCCCCCCCCCCCCCC. The molecule has 0 aromatic heterocycles. The maximum atomic E-state index is 12.8. The van der Waals surface area contributed by atoms with Crippen molar-refractivity contribution in [3.8, 4) is 0 Å². The lowest BCUT2D eigenvalue weighted by molar-refractivity contribution is -0.166. The van der Waals surface area contributed by atoms with Crippen molar-refractivity contribution < 1.29 is 28.6 Å². The lowest BCUT2D eigenvalue weighted by Crippen LogP contribution is -2.30. The molecule has 6 nitrogen and oxygen atoms in total. The summed E-state index contributed by atoms with van der Waals surface area (Å²) in [5, 5.41) is 0. The van der Waals surface area contributed by atoms with Crippen LogP contribution >= 0.6 is 0 Å². The third-order valence-corrected chi connectivity index (χ3v) is 11.3. The summed E-state index contributed by atoms with van der Waals surface area (Å²) in [6.07, 6.45) is 73.7. The van der Waals surface area contributed by atoms with Crippen molar-refractivity contribution in [2.45, 2.75) is 245 Å². The molecule has 0 aliphatic carbocycles. The molecule has 6 heteroatoms. The molecule has 1 atom stereocenters. The number of ether oxygens (including phenoxy) is 3. The van der Waals surface area contributed by atoms with Gasteiger partial charge in [-0.2, -0.15) is 0 Å². The minimum absolute atomic E-state index is 0.129. The average molecular weight is 929 g/mol. The molecule has 0 radical (unpaired) electrons. The molecule has 380 valence electrons. The van der Waals surface area contributed by atoms with Crippen LogP contribution in [0, 0.1) is 0 Å². The van der Waals surface area contributed by atoms with Gasteiger partial charge in [0.2, 0.25) is 0 Å². The van der Waals surface area contributed by atoms with Crippen molar-refractivity contribution >= 4 is 17.9 Å². The van der Waals surface area contributed by atoms with E-state index >= 15 is 0 Å². The normalized spacial score (nSPS) is 12.9. The molecular weight excluding hydrogens is 829 g/mol. The van der Waals surface area contributed by atoms with E-state index < -0.39 is 6.10 Å². The van der Waals surface area contributed by atoms with Crippen molar-refractivity contribution in [1.29, 1.82) is 0 Å². The van der Waals surface area contributed by atoms with Crippen LogP contribution in [0.1, 0.15) is 239 Å². The highest BCUT2D eigenvalue weighted by molar-refractivity contribution is 5.71. The summed E-state index contributed by atoms with van der Waals surface area (Å²) in [6.45, 7) is 6.46. The van der Waals surface area contributed by atoms with Gasteiger partial charge in [-0.3, -0.25) is 14.4 Å². The number of carbonyl (C=O) groups excluding carboxylic acids is 3. The fraction of sp³-hybridized carbons (Fsp3) is 0.656. The van der Waals surface area contributed by atoms with Gasteiger partial charge in [0.1, 0.15) is 13.2 Å². The van der Waals surface area contributed by atoms with Gasteiger partial charge in [-0.15, -0.1) is 0 Å². The molecule has 0 saturated heterocycles. The topological polar surface area (TPSA) is 78.9 Å². The van der Waals surface area contributed by atoms with Crippen LogP contribution in [-0.4, -0.2) is 37.2 Å². The van der Waals surface area contributed by atoms with Crippen molar-refractivity contribution in [3.05, 3.63) is 109 Å². The summed E-state index contributed by atoms with van der Waals surface area (Å²) in [4.78, 5) is 38.0. The molecule has 0 aromatic rings. The van der Waals surface area contributed by atoms with Gasteiger partial charge in [-0.05, 0) is 96.3 Å². The zero-order valence-electron chi connectivity index (χ0n) is 43.4. The van der Waals surface area contributed by atoms with Gasteiger partial charge in [0.05, 0.1) is 0 Å². The van der Waals surface area contributed by atoms with Gasteiger partial charge in [0.25, 0.3) is 0 Å². The number of rotatable bonds is 48. The predicted octanol–water partition coefficient (Wildman–Crippen LogP) is 18.3. The molecule has 0 aromatic carbocycles. The second kappa shape index (κ2) is 54.7. The smallest absolute Gasteiger partial charge is 0.306 e. The maximum Gasteiger partial charge on any atom is 0.306 e. The average Bonchev–Trinajstić information content (AvgIpc) is 3.33. The highest BCUT2D eigenvalue weighted by Gasteiger charge is 2.19. The van der Waals surface area contributed by atoms with Gasteiger partial charge in [-0.1, -0.05) is 233 Å². The van der Waals surface area contributed by atoms with E-state index in [9.17, 15) is 14.4 Å².